The van der Waals surface area contributed by atoms with Crippen molar-refractivity contribution >= 4 is 11.9 Å². The van der Waals surface area contributed by atoms with E-state index in [1.165, 1.54) is 12.0 Å². The van der Waals surface area contributed by atoms with E-state index >= 15 is 0 Å². The Morgan fingerprint density at radius 2 is 1.22 bits per heavy atom. The van der Waals surface area contributed by atoms with Gasteiger partial charge in [-0.3, -0.25) is 9.59 Å². The van der Waals surface area contributed by atoms with Crippen LogP contribution in [0, 0.1) is 22.7 Å². The number of carbonyl (C=O) groups excluding carboxylic acids is 2. The summed E-state index contributed by atoms with van der Waals surface area (Å²) in [6, 6.07) is 6.36. The number of ether oxygens (including phenoxy) is 3. The van der Waals surface area contributed by atoms with Crippen LogP contribution in [0.2, 0.25) is 0 Å². The van der Waals surface area contributed by atoms with Crippen LogP contribution < -0.4 is 4.74 Å². The lowest BCUT2D eigenvalue weighted by molar-refractivity contribution is -0.148. The maximum atomic E-state index is 12.9. The number of carbonyl (C=O) groups is 2. The third-order valence-corrected chi connectivity index (χ3v) is 7.58. The SMILES string of the molecule is CCOCCOC(=O)CCC(=O)Oc1ccc(C(C)(C)CC(C)CC(C)(C)C)cc1C(C)(C)CC(C)CC(C)(C)C. The quantitative estimate of drug-likeness (QED) is 0.112. The maximum absolute atomic E-state index is 12.9. The molecule has 0 spiro atoms. The standard InChI is InChI=1S/C36H62O5/c1-14-39-19-20-40-31(37)17-18-32(38)41-30-16-15-28(35(10,11)24-26(2)22-33(4,5)6)21-29(30)36(12,13)25-27(3)23-34(7,8)9/h15-16,21,26-27H,14,17-20,22-25H2,1-13H3. The molecule has 2 atom stereocenters. The van der Waals surface area contributed by atoms with Gasteiger partial charge in [-0.05, 0) is 77.7 Å². The molecule has 1 aromatic rings. The predicted octanol–water partition coefficient (Wildman–Crippen LogP) is 9.43. The zero-order valence-electron chi connectivity index (χ0n) is 28.8. The Hall–Kier alpha value is -1.88. The zero-order valence-corrected chi connectivity index (χ0v) is 28.8. The van der Waals surface area contributed by atoms with Gasteiger partial charge in [0.2, 0.25) is 0 Å². The number of esters is 2. The number of hydrogen-bond donors (Lipinski definition) is 0. The summed E-state index contributed by atoms with van der Waals surface area (Å²) in [5.74, 6) is 0.842. The fraction of sp³-hybridized carbons (Fsp3) is 0.778. The van der Waals surface area contributed by atoms with E-state index in [1.54, 1.807) is 0 Å². The van der Waals surface area contributed by atoms with Crippen LogP contribution >= 0.6 is 0 Å². The van der Waals surface area contributed by atoms with E-state index in [4.69, 9.17) is 14.2 Å². The third kappa shape index (κ3) is 14.7. The minimum Gasteiger partial charge on any atom is -0.463 e. The lowest BCUT2D eigenvalue weighted by atomic mass is 9.70. The molecule has 0 fully saturated rings. The molecule has 236 valence electrons. The van der Waals surface area contributed by atoms with Gasteiger partial charge in [-0.2, -0.15) is 0 Å². The van der Waals surface area contributed by atoms with E-state index in [0.717, 1.165) is 24.8 Å². The summed E-state index contributed by atoms with van der Waals surface area (Å²) < 4.78 is 16.3. The molecular formula is C36H62O5. The van der Waals surface area contributed by atoms with Crippen molar-refractivity contribution in [1.82, 2.24) is 0 Å². The molecule has 41 heavy (non-hydrogen) atoms. The molecule has 1 aromatic carbocycles. The number of benzene rings is 1. The molecule has 5 heteroatoms. The van der Waals surface area contributed by atoms with Gasteiger partial charge in [0.25, 0.3) is 0 Å². The van der Waals surface area contributed by atoms with Crippen molar-refractivity contribution in [3.8, 4) is 5.75 Å². The lowest BCUT2D eigenvalue weighted by Crippen LogP contribution is -2.27. The van der Waals surface area contributed by atoms with Crippen LogP contribution in [0.5, 0.6) is 5.75 Å². The summed E-state index contributed by atoms with van der Waals surface area (Å²) in [5.41, 5.74) is 2.62. The molecule has 0 aliphatic heterocycles. The van der Waals surface area contributed by atoms with Crippen molar-refractivity contribution in [2.45, 2.75) is 139 Å². The molecule has 0 amide bonds. The molecule has 0 N–H and O–H groups in total. The Labute approximate surface area is 252 Å². The van der Waals surface area contributed by atoms with E-state index in [0.29, 0.717) is 36.2 Å². The van der Waals surface area contributed by atoms with Crippen LogP contribution in [0.4, 0.5) is 0 Å². The topological polar surface area (TPSA) is 61.8 Å². The summed E-state index contributed by atoms with van der Waals surface area (Å²) in [6.45, 7) is 30.6. The first-order valence-corrected chi connectivity index (χ1v) is 15.7. The van der Waals surface area contributed by atoms with Crippen molar-refractivity contribution in [3.05, 3.63) is 29.3 Å². The molecule has 0 saturated carbocycles. The Morgan fingerprint density at radius 3 is 1.73 bits per heavy atom. The lowest BCUT2D eigenvalue weighted by Gasteiger charge is -2.35. The highest BCUT2D eigenvalue weighted by atomic mass is 16.6. The molecule has 1 rings (SSSR count). The van der Waals surface area contributed by atoms with E-state index in [2.05, 4.69) is 95.2 Å². The Kier molecular flexibility index (Phi) is 14.1. The Morgan fingerprint density at radius 1 is 0.707 bits per heavy atom. The fourth-order valence-electron chi connectivity index (χ4n) is 6.58. The second-order valence-corrected chi connectivity index (χ2v) is 16.0. The van der Waals surface area contributed by atoms with Crippen molar-refractivity contribution in [2.75, 3.05) is 19.8 Å². The van der Waals surface area contributed by atoms with Gasteiger partial charge in [0.05, 0.1) is 19.4 Å². The van der Waals surface area contributed by atoms with Crippen LogP contribution in [0.1, 0.15) is 140 Å². The second-order valence-electron chi connectivity index (χ2n) is 16.0. The van der Waals surface area contributed by atoms with Gasteiger partial charge in [-0.15, -0.1) is 0 Å². The predicted molar refractivity (Wildman–Crippen MR) is 171 cm³/mol. The fourth-order valence-corrected chi connectivity index (χ4v) is 6.58. The largest absolute Gasteiger partial charge is 0.463 e. The second kappa shape index (κ2) is 15.5. The highest BCUT2D eigenvalue weighted by Crippen LogP contribution is 2.43. The molecule has 5 nitrogen and oxygen atoms in total. The van der Waals surface area contributed by atoms with Gasteiger partial charge >= 0.3 is 11.9 Å². The molecular weight excluding hydrogens is 512 g/mol. The normalized spacial score (nSPS) is 14.5. The number of rotatable bonds is 16. The number of hydrogen-bond acceptors (Lipinski definition) is 5. The summed E-state index contributed by atoms with van der Waals surface area (Å²) >= 11 is 0. The van der Waals surface area contributed by atoms with E-state index in [1.807, 2.05) is 13.0 Å². The van der Waals surface area contributed by atoms with Crippen molar-refractivity contribution in [1.29, 1.82) is 0 Å². The average Bonchev–Trinajstić information content (AvgIpc) is 2.77. The molecule has 2 unspecified atom stereocenters. The summed E-state index contributed by atoms with van der Waals surface area (Å²) in [6.07, 6.45) is 4.31. The van der Waals surface area contributed by atoms with E-state index < -0.39 is 11.9 Å². The molecule has 0 aromatic heterocycles. The van der Waals surface area contributed by atoms with Gasteiger partial charge < -0.3 is 14.2 Å². The maximum Gasteiger partial charge on any atom is 0.311 e. The van der Waals surface area contributed by atoms with Crippen molar-refractivity contribution < 1.29 is 23.8 Å². The van der Waals surface area contributed by atoms with Crippen LogP contribution in [0.15, 0.2) is 18.2 Å². The van der Waals surface area contributed by atoms with E-state index in [-0.39, 0.29) is 35.7 Å². The highest BCUT2D eigenvalue weighted by molar-refractivity contribution is 5.79. The third-order valence-electron chi connectivity index (χ3n) is 7.58. The van der Waals surface area contributed by atoms with Gasteiger partial charge in [0, 0.05) is 12.2 Å². The van der Waals surface area contributed by atoms with Gasteiger partial charge in [-0.1, -0.05) is 95.2 Å². The van der Waals surface area contributed by atoms with Crippen LogP contribution in [-0.4, -0.2) is 31.8 Å². The van der Waals surface area contributed by atoms with Crippen LogP contribution in [-0.2, 0) is 29.9 Å². The summed E-state index contributed by atoms with van der Waals surface area (Å²) in [4.78, 5) is 25.0. The molecule has 0 radical (unpaired) electrons. The van der Waals surface area contributed by atoms with E-state index in [9.17, 15) is 9.59 Å². The molecule has 0 aliphatic carbocycles. The summed E-state index contributed by atoms with van der Waals surface area (Å²) in [7, 11) is 0. The first-order valence-electron chi connectivity index (χ1n) is 15.7. The first-order chi connectivity index (χ1) is 18.6. The molecule has 0 heterocycles. The Bertz CT molecular complexity index is 961. The minimum atomic E-state index is -0.419. The summed E-state index contributed by atoms with van der Waals surface area (Å²) in [5, 5.41) is 0. The van der Waals surface area contributed by atoms with Crippen molar-refractivity contribution in [2.24, 2.45) is 22.7 Å². The van der Waals surface area contributed by atoms with Crippen LogP contribution in [0.3, 0.4) is 0 Å². The monoisotopic (exact) mass is 574 g/mol. The molecule has 0 saturated heterocycles. The van der Waals surface area contributed by atoms with Crippen molar-refractivity contribution in [3.63, 3.8) is 0 Å². The minimum absolute atomic E-state index is 0.0108. The highest BCUT2D eigenvalue weighted by Gasteiger charge is 2.32. The average molecular weight is 575 g/mol. The van der Waals surface area contributed by atoms with Gasteiger partial charge in [-0.25, -0.2) is 0 Å². The van der Waals surface area contributed by atoms with Crippen LogP contribution in [0.25, 0.3) is 0 Å². The van der Waals surface area contributed by atoms with Gasteiger partial charge in [0.15, 0.2) is 0 Å². The van der Waals surface area contributed by atoms with Gasteiger partial charge in [0.1, 0.15) is 12.4 Å². The Balaban J connectivity index is 3.22. The zero-order chi connectivity index (χ0) is 31.6. The smallest absolute Gasteiger partial charge is 0.311 e. The first kappa shape index (κ1) is 37.1. The molecule has 0 aliphatic rings. The molecule has 0 bridgehead atoms.